The van der Waals surface area contributed by atoms with Gasteiger partial charge < -0.3 is 24.5 Å². The number of amides is 1. The van der Waals surface area contributed by atoms with Gasteiger partial charge in [-0.05, 0) is 76.2 Å². The Morgan fingerprint density at radius 3 is 2.56 bits per heavy atom. The van der Waals surface area contributed by atoms with Crippen LogP contribution >= 0.6 is 11.6 Å². The number of hydrogen-bond donors (Lipinski definition) is 1. The molecule has 3 heterocycles. The van der Waals surface area contributed by atoms with E-state index in [1.165, 1.54) is 6.08 Å². The molecule has 8 nitrogen and oxygen atoms in total. The maximum absolute atomic E-state index is 12.2. The molecule has 2 fully saturated rings. The van der Waals surface area contributed by atoms with Gasteiger partial charge in [0.25, 0.3) is 0 Å². The molecule has 0 aliphatic carbocycles. The van der Waals surface area contributed by atoms with Crippen molar-refractivity contribution < 1.29 is 14.6 Å². The van der Waals surface area contributed by atoms with Crippen LogP contribution in [0, 0.1) is 0 Å². The molecule has 0 saturated carbocycles. The first-order valence-corrected chi connectivity index (χ1v) is 15.5. The molecule has 1 N–H and O–H groups in total. The number of carbonyl (C=O) groups is 1. The second-order valence-corrected chi connectivity index (χ2v) is 12.1. The smallest absolute Gasteiger partial charge is 0.318 e. The summed E-state index contributed by atoms with van der Waals surface area (Å²) in [4.78, 5) is 27.9. The van der Waals surface area contributed by atoms with Crippen LogP contribution in [0.2, 0.25) is 5.02 Å². The van der Waals surface area contributed by atoms with Crippen LogP contribution < -0.4 is 9.64 Å². The Hall–Kier alpha value is -3.62. The number of likely N-dealkylation sites (tertiary alicyclic amines) is 2. The molecule has 0 spiro atoms. The van der Waals surface area contributed by atoms with Gasteiger partial charge in [-0.3, -0.25) is 4.79 Å². The van der Waals surface area contributed by atoms with E-state index in [0.717, 1.165) is 41.3 Å². The van der Waals surface area contributed by atoms with Gasteiger partial charge in [0.1, 0.15) is 6.61 Å². The molecule has 0 radical (unpaired) electrons. The summed E-state index contributed by atoms with van der Waals surface area (Å²) < 4.78 is 6.26. The lowest BCUT2D eigenvalue weighted by molar-refractivity contribution is -0.127. The van der Waals surface area contributed by atoms with Crippen LogP contribution in [-0.2, 0) is 4.79 Å². The molecule has 9 heteroatoms. The second-order valence-electron chi connectivity index (χ2n) is 11.7. The fourth-order valence-corrected chi connectivity index (χ4v) is 6.78. The SMILES string of the molecule is C=CC(=O)N1CCC(c2nc(OC[C@@H]3CCCN3C)nc(N(C)C(/C(C)=C\C)c3cccc4cccc(Cl)c34)c2O)CC1. The highest BCUT2D eigenvalue weighted by Gasteiger charge is 2.32. The van der Waals surface area contributed by atoms with Gasteiger partial charge >= 0.3 is 6.01 Å². The molecular formula is C34H42ClN5O3. The van der Waals surface area contributed by atoms with E-state index in [1.54, 1.807) is 4.90 Å². The number of rotatable bonds is 9. The van der Waals surface area contributed by atoms with Crippen LogP contribution in [0.4, 0.5) is 5.82 Å². The van der Waals surface area contributed by atoms with E-state index in [9.17, 15) is 9.90 Å². The summed E-state index contributed by atoms with van der Waals surface area (Å²) in [6.45, 7) is 10.4. The van der Waals surface area contributed by atoms with Crippen LogP contribution in [0.1, 0.15) is 62.7 Å². The van der Waals surface area contributed by atoms with Gasteiger partial charge in [-0.2, -0.15) is 9.97 Å². The predicted molar refractivity (Wildman–Crippen MR) is 173 cm³/mol. The van der Waals surface area contributed by atoms with Gasteiger partial charge in [0.05, 0.1) is 11.7 Å². The summed E-state index contributed by atoms with van der Waals surface area (Å²) >= 11 is 6.78. The lowest BCUT2D eigenvalue weighted by atomic mass is 9.91. The molecule has 228 valence electrons. The summed E-state index contributed by atoms with van der Waals surface area (Å²) in [5, 5.41) is 14.5. The van der Waals surface area contributed by atoms with Crippen LogP contribution in [0.5, 0.6) is 11.8 Å². The van der Waals surface area contributed by atoms with E-state index in [2.05, 4.69) is 49.7 Å². The minimum absolute atomic E-state index is 0.0431. The van der Waals surface area contributed by atoms with Crippen LogP contribution in [0.15, 0.2) is 60.7 Å². The third-order valence-electron chi connectivity index (χ3n) is 9.11. The molecule has 43 heavy (non-hydrogen) atoms. The Morgan fingerprint density at radius 2 is 1.91 bits per heavy atom. The first-order valence-electron chi connectivity index (χ1n) is 15.1. The highest BCUT2D eigenvalue weighted by Crippen LogP contribution is 2.43. The largest absolute Gasteiger partial charge is 0.503 e. The number of allylic oxidation sites excluding steroid dienone is 1. The lowest BCUT2D eigenvalue weighted by Crippen LogP contribution is -2.37. The van der Waals surface area contributed by atoms with Crippen molar-refractivity contribution in [1.29, 1.82) is 0 Å². The van der Waals surface area contributed by atoms with Gasteiger partial charge in [-0.1, -0.05) is 60.2 Å². The van der Waals surface area contributed by atoms with E-state index >= 15 is 0 Å². The Balaban J connectivity index is 1.56. The zero-order valence-corrected chi connectivity index (χ0v) is 26.3. The zero-order valence-electron chi connectivity index (χ0n) is 25.6. The van der Waals surface area contributed by atoms with Gasteiger partial charge in [0, 0.05) is 42.5 Å². The number of fused-ring (bicyclic) bond motifs is 1. The van der Waals surface area contributed by atoms with Crippen molar-refractivity contribution in [2.75, 3.05) is 45.2 Å². The quantitative estimate of drug-likeness (QED) is 0.221. The fourth-order valence-electron chi connectivity index (χ4n) is 6.49. The lowest BCUT2D eigenvalue weighted by Gasteiger charge is -2.34. The van der Waals surface area contributed by atoms with E-state index in [1.807, 2.05) is 37.1 Å². The number of anilines is 1. The Morgan fingerprint density at radius 1 is 1.19 bits per heavy atom. The number of piperidine rings is 1. The monoisotopic (exact) mass is 603 g/mol. The number of hydrogen-bond acceptors (Lipinski definition) is 7. The van der Waals surface area contributed by atoms with Gasteiger partial charge in [0.15, 0.2) is 11.6 Å². The highest BCUT2D eigenvalue weighted by atomic mass is 35.5. The molecule has 2 aliphatic rings. The van der Waals surface area contributed by atoms with Crippen molar-refractivity contribution in [3.63, 3.8) is 0 Å². The number of carbonyl (C=O) groups excluding carboxylic acids is 1. The summed E-state index contributed by atoms with van der Waals surface area (Å²) in [7, 11) is 4.06. The highest BCUT2D eigenvalue weighted by molar-refractivity contribution is 6.35. The maximum atomic E-state index is 12.2. The number of aromatic nitrogens is 2. The number of ether oxygens (including phenoxy) is 1. The molecule has 2 aliphatic heterocycles. The predicted octanol–water partition coefficient (Wildman–Crippen LogP) is 6.50. The van der Waals surface area contributed by atoms with Gasteiger partial charge in [-0.15, -0.1) is 0 Å². The van der Waals surface area contributed by atoms with Crippen molar-refractivity contribution >= 4 is 34.1 Å². The number of nitrogens with zero attached hydrogens (tertiary/aromatic N) is 5. The van der Waals surface area contributed by atoms with Crippen molar-refractivity contribution in [2.24, 2.45) is 0 Å². The van der Waals surface area contributed by atoms with E-state index in [0.29, 0.717) is 55.1 Å². The number of likely N-dealkylation sites (N-methyl/N-ethyl adjacent to an activating group) is 2. The van der Waals surface area contributed by atoms with Crippen LogP contribution in [0.3, 0.4) is 0 Å². The molecule has 1 amide bonds. The Kier molecular flexibility index (Phi) is 9.57. The molecule has 5 rings (SSSR count). The van der Waals surface area contributed by atoms with Crippen LogP contribution in [-0.4, -0.2) is 77.2 Å². The molecular weight excluding hydrogens is 562 g/mol. The molecule has 3 aromatic rings. The number of benzene rings is 2. The van der Waals surface area contributed by atoms with E-state index in [4.69, 9.17) is 26.3 Å². The van der Waals surface area contributed by atoms with Crippen molar-refractivity contribution in [3.05, 3.63) is 77.0 Å². The molecule has 2 saturated heterocycles. The Bertz CT molecular complexity index is 1510. The van der Waals surface area contributed by atoms with Crippen LogP contribution in [0.25, 0.3) is 10.8 Å². The number of aromatic hydroxyl groups is 1. The maximum Gasteiger partial charge on any atom is 0.318 e. The molecule has 1 aromatic heterocycles. The first-order chi connectivity index (χ1) is 20.7. The average molecular weight is 604 g/mol. The average Bonchev–Trinajstić information content (AvgIpc) is 3.44. The standard InChI is InChI=1S/C34H42ClN5O3/c1-6-22(3)31(26-14-8-11-23-12-9-15-27(35)29(23)26)39(5)33-32(42)30(24-16-19-40(20-17-24)28(41)7-2)36-34(37-33)43-21-25-13-10-18-38(25)4/h6-9,11-12,14-15,24-25,31,42H,2,10,13,16-21H2,1,3-5H3/b22-6-/t25-,31?/m0/s1. The van der Waals surface area contributed by atoms with Crippen molar-refractivity contribution in [1.82, 2.24) is 19.8 Å². The van der Waals surface area contributed by atoms with Crippen molar-refractivity contribution in [3.8, 4) is 11.8 Å². The summed E-state index contributed by atoms with van der Waals surface area (Å²) in [6, 6.07) is 12.4. The normalized spacial score (nSPS) is 19.0. The third kappa shape index (κ3) is 6.36. The van der Waals surface area contributed by atoms with Crippen molar-refractivity contribution in [2.45, 2.75) is 57.5 Å². The minimum atomic E-state index is -0.261. The summed E-state index contributed by atoms with van der Waals surface area (Å²) in [6.07, 6.45) is 6.98. The second kappa shape index (κ2) is 13.3. The molecule has 2 aromatic carbocycles. The van der Waals surface area contributed by atoms with Gasteiger partial charge in [0.2, 0.25) is 5.91 Å². The molecule has 0 bridgehead atoms. The topological polar surface area (TPSA) is 82.0 Å². The summed E-state index contributed by atoms with van der Waals surface area (Å²) in [5.41, 5.74) is 2.66. The third-order valence-corrected chi connectivity index (χ3v) is 9.42. The molecule has 2 atom stereocenters. The molecule has 1 unspecified atom stereocenters. The zero-order chi connectivity index (χ0) is 30.7. The number of halogens is 1. The van der Waals surface area contributed by atoms with Gasteiger partial charge in [-0.25, -0.2) is 0 Å². The first kappa shape index (κ1) is 30.8. The fraction of sp³-hybridized carbons (Fsp3) is 0.441. The summed E-state index contributed by atoms with van der Waals surface area (Å²) in [5.74, 6) is 0.323. The van der Waals surface area contributed by atoms with E-state index in [-0.39, 0.29) is 29.6 Å². The Labute approximate surface area is 259 Å². The van der Waals surface area contributed by atoms with E-state index < -0.39 is 0 Å². The minimum Gasteiger partial charge on any atom is -0.503 e.